The Balaban J connectivity index is 0. The quantitative estimate of drug-likeness (QED) is 0.329. The van der Waals surface area contributed by atoms with Gasteiger partial charge in [0.25, 0.3) is 5.69 Å². The van der Waals surface area contributed by atoms with Crippen LogP contribution in [0.3, 0.4) is 0 Å². The molecule has 0 aliphatic heterocycles. The second-order valence-corrected chi connectivity index (χ2v) is 2.12. The van der Waals surface area contributed by atoms with Crippen LogP contribution in [-0.4, -0.2) is 4.92 Å². The van der Waals surface area contributed by atoms with Crippen molar-refractivity contribution in [2.45, 2.75) is 0 Å². The van der Waals surface area contributed by atoms with Crippen molar-refractivity contribution >= 4 is 17.3 Å². The fourth-order valence-corrected chi connectivity index (χ4v) is 0.805. The Morgan fingerprint density at radius 3 is 2.36 bits per heavy atom. The summed E-state index contributed by atoms with van der Waals surface area (Å²) in [7, 11) is 0. The molecule has 0 unspecified atom stereocenters. The summed E-state index contributed by atoms with van der Waals surface area (Å²) in [5.74, 6) is 0. The molecule has 0 bridgehead atoms. The topological polar surface area (TPSA) is 43.1 Å². The van der Waals surface area contributed by atoms with E-state index in [1.54, 1.807) is 12.1 Å². The van der Waals surface area contributed by atoms with Crippen LogP contribution in [0.4, 0.5) is 5.69 Å². The molecule has 0 saturated heterocycles. The van der Waals surface area contributed by atoms with Crippen molar-refractivity contribution in [2.24, 2.45) is 0 Å². The van der Waals surface area contributed by atoms with Crippen LogP contribution >= 0.6 is 11.6 Å². The Bertz CT molecular complexity index is 271. The number of rotatable bonds is 1. The van der Waals surface area contributed by atoms with E-state index in [0.717, 1.165) is 0 Å². The molecular weight excluding hydrogens is 177 g/mol. The average Bonchev–Trinajstić information content (AvgIpc) is 1.88. The number of nitro benzene ring substituents is 1. The van der Waals surface area contributed by atoms with E-state index in [1.807, 2.05) is 0 Å². The number of nitro groups is 1. The van der Waals surface area contributed by atoms with Crippen LogP contribution in [0.5, 0.6) is 0 Å². The van der Waals surface area contributed by atoms with Crippen LogP contribution in [-0.2, 0) is 0 Å². The van der Waals surface area contributed by atoms with E-state index in [-0.39, 0.29) is 41.7 Å². The number of hydrogen-bond donors (Lipinski definition) is 0. The Morgan fingerprint density at radius 2 is 2.00 bits per heavy atom. The average molecular weight is 182 g/mol. The standard InChI is InChI=1S/C6H4ClNO2.Na.H/c7-5-3-1-2-4-6(5)8(9)10;;/h1-4H;;/q;+1;-1. The maximum atomic E-state index is 10.1. The first kappa shape index (κ1) is 10.9. The first-order chi connectivity index (χ1) is 4.72. The zero-order chi connectivity index (χ0) is 7.56. The zero-order valence-electron chi connectivity index (χ0n) is 6.95. The summed E-state index contributed by atoms with van der Waals surface area (Å²) >= 11 is 5.48. The molecule has 0 saturated carbocycles. The summed E-state index contributed by atoms with van der Waals surface area (Å²) in [5, 5.41) is 10.3. The third kappa shape index (κ3) is 2.79. The van der Waals surface area contributed by atoms with Crippen LogP contribution in [0.15, 0.2) is 24.3 Å². The molecule has 0 heterocycles. The van der Waals surface area contributed by atoms with E-state index < -0.39 is 4.92 Å². The Hall–Kier alpha value is -0.0900. The van der Waals surface area contributed by atoms with Crippen LogP contribution in [0.1, 0.15) is 1.43 Å². The maximum absolute atomic E-state index is 10.1. The minimum Gasteiger partial charge on any atom is -1.00 e. The smallest absolute Gasteiger partial charge is 1.00 e. The molecule has 0 N–H and O–H groups in total. The molecule has 1 aromatic carbocycles. The molecule has 0 aliphatic rings. The molecule has 0 radical (unpaired) electrons. The number of benzene rings is 1. The van der Waals surface area contributed by atoms with E-state index in [9.17, 15) is 10.1 Å². The number of para-hydroxylation sites is 1. The summed E-state index contributed by atoms with van der Waals surface area (Å²) < 4.78 is 0. The zero-order valence-corrected chi connectivity index (χ0v) is 8.71. The summed E-state index contributed by atoms with van der Waals surface area (Å²) in [6, 6.07) is 6.07. The van der Waals surface area contributed by atoms with Crippen LogP contribution in [0.2, 0.25) is 5.02 Å². The number of halogens is 1. The minimum absolute atomic E-state index is 0. The molecule has 11 heavy (non-hydrogen) atoms. The van der Waals surface area contributed by atoms with Gasteiger partial charge in [-0.3, -0.25) is 10.1 Å². The third-order valence-corrected chi connectivity index (χ3v) is 1.37. The first-order valence-electron chi connectivity index (χ1n) is 2.61. The molecule has 0 aromatic heterocycles. The molecule has 0 aliphatic carbocycles. The van der Waals surface area contributed by atoms with Gasteiger partial charge in [0.1, 0.15) is 5.02 Å². The van der Waals surface area contributed by atoms with E-state index >= 15 is 0 Å². The molecule has 0 atom stereocenters. The van der Waals surface area contributed by atoms with Crippen molar-refractivity contribution in [3.05, 3.63) is 39.4 Å². The summed E-state index contributed by atoms with van der Waals surface area (Å²) in [6.07, 6.45) is 0. The van der Waals surface area contributed by atoms with Crippen molar-refractivity contribution in [1.29, 1.82) is 0 Å². The molecule has 54 valence electrons. The molecule has 0 fully saturated rings. The molecule has 1 aromatic rings. The SMILES string of the molecule is O=[N+]([O-])c1ccccc1Cl.[H-].[Na+]. The summed E-state index contributed by atoms with van der Waals surface area (Å²) in [4.78, 5) is 9.63. The van der Waals surface area contributed by atoms with Crippen molar-refractivity contribution in [2.75, 3.05) is 0 Å². The van der Waals surface area contributed by atoms with Gasteiger partial charge in [-0.15, -0.1) is 0 Å². The third-order valence-electron chi connectivity index (χ3n) is 1.05. The van der Waals surface area contributed by atoms with Gasteiger partial charge in [-0.25, -0.2) is 0 Å². The first-order valence-corrected chi connectivity index (χ1v) is 2.98. The van der Waals surface area contributed by atoms with Crippen LogP contribution in [0, 0.1) is 10.1 Å². The summed E-state index contributed by atoms with van der Waals surface area (Å²) in [6.45, 7) is 0. The fraction of sp³-hybridized carbons (Fsp3) is 0. The van der Waals surface area contributed by atoms with E-state index in [1.165, 1.54) is 12.1 Å². The van der Waals surface area contributed by atoms with Gasteiger partial charge in [-0.05, 0) is 6.07 Å². The van der Waals surface area contributed by atoms with E-state index in [2.05, 4.69) is 0 Å². The van der Waals surface area contributed by atoms with Gasteiger partial charge in [-0.2, -0.15) is 0 Å². The second-order valence-electron chi connectivity index (χ2n) is 1.71. The molecular formula is C6H5ClNNaO2. The monoisotopic (exact) mass is 181 g/mol. The Morgan fingerprint density at radius 1 is 1.45 bits per heavy atom. The van der Waals surface area contributed by atoms with E-state index in [0.29, 0.717) is 0 Å². The summed E-state index contributed by atoms with van der Waals surface area (Å²) in [5.41, 5.74) is -0.0517. The van der Waals surface area contributed by atoms with Gasteiger partial charge in [-0.1, -0.05) is 23.7 Å². The predicted octanol–water partition coefficient (Wildman–Crippen LogP) is -0.635. The van der Waals surface area contributed by atoms with Gasteiger partial charge in [0, 0.05) is 6.07 Å². The minimum atomic E-state index is -0.512. The second kappa shape index (κ2) is 4.72. The molecule has 0 spiro atoms. The number of hydrogen-bond acceptors (Lipinski definition) is 2. The molecule has 3 nitrogen and oxygen atoms in total. The molecule has 5 heteroatoms. The molecule has 1 rings (SSSR count). The van der Waals surface area contributed by atoms with Crippen molar-refractivity contribution in [1.82, 2.24) is 0 Å². The van der Waals surface area contributed by atoms with Gasteiger partial charge in [0.2, 0.25) is 0 Å². The van der Waals surface area contributed by atoms with Crippen molar-refractivity contribution in [3.8, 4) is 0 Å². The van der Waals surface area contributed by atoms with Crippen molar-refractivity contribution < 1.29 is 35.9 Å². The number of nitrogens with zero attached hydrogens (tertiary/aromatic N) is 1. The largest absolute Gasteiger partial charge is 1.00 e. The van der Waals surface area contributed by atoms with Gasteiger partial charge in [0.15, 0.2) is 0 Å². The van der Waals surface area contributed by atoms with Gasteiger partial charge < -0.3 is 1.43 Å². The van der Waals surface area contributed by atoms with Crippen molar-refractivity contribution in [3.63, 3.8) is 0 Å². The maximum Gasteiger partial charge on any atom is 1.00 e. The van der Waals surface area contributed by atoms with E-state index in [4.69, 9.17) is 11.6 Å². The fourth-order valence-electron chi connectivity index (χ4n) is 0.600. The Kier molecular flexibility index (Phi) is 4.68. The Labute approximate surface area is 92.3 Å². The van der Waals surface area contributed by atoms with Gasteiger partial charge >= 0.3 is 29.6 Å². The van der Waals surface area contributed by atoms with Gasteiger partial charge in [0.05, 0.1) is 4.92 Å². The van der Waals surface area contributed by atoms with Crippen LogP contribution < -0.4 is 29.6 Å². The molecule has 0 amide bonds. The normalized spacial score (nSPS) is 8.45. The predicted molar refractivity (Wildman–Crippen MR) is 39.2 cm³/mol. The van der Waals surface area contributed by atoms with Crippen LogP contribution in [0.25, 0.3) is 0 Å².